The zero-order chi connectivity index (χ0) is 18.9. The van der Waals surface area contributed by atoms with Gasteiger partial charge in [-0.2, -0.15) is 8.78 Å². The molecule has 1 heterocycles. The maximum absolute atomic E-state index is 14.4. The van der Waals surface area contributed by atoms with E-state index in [1.807, 2.05) is 0 Å². The largest absolute Gasteiger partial charge is 0.330 e. The van der Waals surface area contributed by atoms with E-state index in [4.69, 9.17) is 0 Å². The Labute approximate surface area is 150 Å². The van der Waals surface area contributed by atoms with E-state index in [1.54, 1.807) is 4.90 Å². The van der Waals surface area contributed by atoms with E-state index in [9.17, 15) is 26.2 Å². The van der Waals surface area contributed by atoms with Gasteiger partial charge in [0, 0.05) is 30.6 Å². The summed E-state index contributed by atoms with van der Waals surface area (Å²) in [5.74, 6) is -3.01. The number of nitrogens with zero attached hydrogens (tertiary/aromatic N) is 1. The van der Waals surface area contributed by atoms with Crippen LogP contribution >= 0.6 is 0 Å². The number of alkyl halides is 2. The van der Waals surface area contributed by atoms with Crippen LogP contribution in [0, 0.1) is 23.4 Å². The average Bonchev–Trinajstić information content (AvgIpc) is 2.55. The number of benzene rings is 2. The molecule has 1 aliphatic heterocycles. The number of hydrogen-bond donors (Lipinski definition) is 0. The average molecular weight is 389 g/mol. The van der Waals surface area contributed by atoms with Crippen molar-refractivity contribution in [1.29, 1.82) is 0 Å². The van der Waals surface area contributed by atoms with Gasteiger partial charge in [-0.3, -0.25) is 0 Å². The predicted molar refractivity (Wildman–Crippen MR) is 87.7 cm³/mol. The van der Waals surface area contributed by atoms with Crippen LogP contribution in [-0.2, 0) is 17.2 Å². The number of hydrogen-bond acceptors (Lipinski definition) is 2. The monoisotopic (exact) mass is 389 g/mol. The Morgan fingerprint density at radius 2 is 1.62 bits per heavy atom. The molecule has 0 radical (unpaired) electrons. The molecule has 1 saturated heterocycles. The summed E-state index contributed by atoms with van der Waals surface area (Å²) in [6.07, 6.45) is 0.269. The molecule has 140 valence electrons. The molecule has 0 saturated carbocycles. The Kier molecular flexibility index (Phi) is 5.43. The molecule has 8 heteroatoms. The van der Waals surface area contributed by atoms with E-state index in [1.165, 1.54) is 6.07 Å². The van der Waals surface area contributed by atoms with Crippen LogP contribution in [-0.4, -0.2) is 34.0 Å². The van der Waals surface area contributed by atoms with E-state index in [0.29, 0.717) is 12.1 Å². The normalized spacial score (nSPS) is 17.1. The standard InChI is InChI=1S/C18H16F5NOS/c19-14-3-5-16(6-4-14)26(25)18(22,23)13-10-24(11-13)8-7-12-1-2-15(20)9-17(12)21/h1-6,9,13H,7-8,10-11H2. The minimum absolute atomic E-state index is 0.0305. The van der Waals surface area contributed by atoms with E-state index < -0.39 is 39.4 Å². The zero-order valence-electron chi connectivity index (χ0n) is 13.6. The molecule has 1 atom stereocenters. The van der Waals surface area contributed by atoms with Crippen LogP contribution in [0.3, 0.4) is 0 Å². The number of halogens is 5. The van der Waals surface area contributed by atoms with E-state index >= 15 is 0 Å². The fourth-order valence-corrected chi connectivity index (χ4v) is 3.98. The lowest BCUT2D eigenvalue weighted by molar-refractivity contribution is -0.0526. The van der Waals surface area contributed by atoms with Crippen LogP contribution in [0.1, 0.15) is 5.56 Å². The summed E-state index contributed by atoms with van der Waals surface area (Å²) in [4.78, 5) is 1.58. The molecule has 3 rings (SSSR count). The van der Waals surface area contributed by atoms with Gasteiger partial charge in [0.1, 0.15) is 28.3 Å². The van der Waals surface area contributed by atoms with Crippen molar-refractivity contribution in [2.45, 2.75) is 16.6 Å². The minimum Gasteiger partial charge on any atom is -0.302 e. The fourth-order valence-electron chi connectivity index (χ4n) is 2.83. The van der Waals surface area contributed by atoms with Crippen LogP contribution in [0.4, 0.5) is 22.0 Å². The first-order chi connectivity index (χ1) is 12.3. The third-order valence-electron chi connectivity index (χ3n) is 4.42. The van der Waals surface area contributed by atoms with Crippen molar-refractivity contribution in [2.24, 2.45) is 5.92 Å². The van der Waals surface area contributed by atoms with Crippen LogP contribution in [0.5, 0.6) is 0 Å². The van der Waals surface area contributed by atoms with Crippen molar-refractivity contribution >= 4 is 10.8 Å². The Balaban J connectivity index is 1.54. The Morgan fingerprint density at radius 3 is 2.23 bits per heavy atom. The third kappa shape index (κ3) is 3.96. The molecule has 2 aromatic rings. The van der Waals surface area contributed by atoms with Crippen molar-refractivity contribution in [2.75, 3.05) is 19.6 Å². The molecule has 2 nitrogen and oxygen atoms in total. The molecule has 26 heavy (non-hydrogen) atoms. The summed E-state index contributed by atoms with van der Waals surface area (Å²) in [7, 11) is -2.57. The lowest BCUT2D eigenvalue weighted by atomic mass is 9.99. The van der Waals surface area contributed by atoms with Crippen LogP contribution in [0.15, 0.2) is 47.4 Å². The highest BCUT2D eigenvalue weighted by Crippen LogP contribution is 2.38. The van der Waals surface area contributed by atoms with Crippen molar-refractivity contribution in [3.8, 4) is 0 Å². The maximum Gasteiger partial charge on any atom is 0.330 e. The number of likely N-dealkylation sites (tertiary alicyclic amines) is 1. The van der Waals surface area contributed by atoms with Crippen LogP contribution in [0.2, 0.25) is 0 Å². The van der Waals surface area contributed by atoms with E-state index in [2.05, 4.69) is 0 Å². The second kappa shape index (κ2) is 7.44. The third-order valence-corrected chi connectivity index (χ3v) is 5.95. The molecule has 1 fully saturated rings. The van der Waals surface area contributed by atoms with Crippen LogP contribution < -0.4 is 0 Å². The van der Waals surface area contributed by atoms with Gasteiger partial charge in [0.05, 0.1) is 5.92 Å². The molecule has 0 aromatic heterocycles. The van der Waals surface area contributed by atoms with Crippen molar-refractivity contribution < 1.29 is 26.2 Å². The van der Waals surface area contributed by atoms with E-state index in [0.717, 1.165) is 36.4 Å². The van der Waals surface area contributed by atoms with Gasteiger partial charge in [-0.1, -0.05) is 6.07 Å². The Morgan fingerprint density at radius 1 is 1.00 bits per heavy atom. The molecule has 1 unspecified atom stereocenters. The van der Waals surface area contributed by atoms with Gasteiger partial charge in [0.15, 0.2) is 0 Å². The van der Waals surface area contributed by atoms with Gasteiger partial charge in [-0.05, 0) is 42.3 Å². The summed E-state index contributed by atoms with van der Waals surface area (Å²) in [6.45, 7) is 0.407. The molecule has 1 aliphatic rings. The van der Waals surface area contributed by atoms with Crippen LogP contribution in [0.25, 0.3) is 0 Å². The summed E-state index contributed by atoms with van der Waals surface area (Å²) >= 11 is 0. The topological polar surface area (TPSA) is 20.3 Å². The lowest BCUT2D eigenvalue weighted by Crippen LogP contribution is -2.56. The first-order valence-corrected chi connectivity index (χ1v) is 9.14. The first kappa shape index (κ1) is 19.0. The zero-order valence-corrected chi connectivity index (χ0v) is 14.4. The molecule has 0 amide bonds. The van der Waals surface area contributed by atoms with Gasteiger partial charge >= 0.3 is 5.25 Å². The number of rotatable bonds is 6. The molecule has 0 N–H and O–H groups in total. The van der Waals surface area contributed by atoms with E-state index in [-0.39, 0.29) is 24.4 Å². The molecule has 0 spiro atoms. The Hall–Kier alpha value is -1.80. The quantitative estimate of drug-likeness (QED) is 0.697. The van der Waals surface area contributed by atoms with Crippen molar-refractivity contribution in [3.05, 3.63) is 65.5 Å². The molecule has 0 bridgehead atoms. The molecular weight excluding hydrogens is 373 g/mol. The van der Waals surface area contributed by atoms with Crippen molar-refractivity contribution in [3.63, 3.8) is 0 Å². The van der Waals surface area contributed by atoms with Gasteiger partial charge in [0.25, 0.3) is 0 Å². The highest BCUT2D eigenvalue weighted by atomic mass is 32.2. The summed E-state index contributed by atoms with van der Waals surface area (Å²) in [5.41, 5.74) is 0.316. The second-order valence-electron chi connectivity index (χ2n) is 6.23. The van der Waals surface area contributed by atoms with Gasteiger partial charge in [0.2, 0.25) is 0 Å². The molecular formula is C18H16F5NOS. The predicted octanol–water partition coefficient (Wildman–Crippen LogP) is 3.98. The Bertz CT molecular complexity index is 806. The fraction of sp³-hybridized carbons (Fsp3) is 0.333. The van der Waals surface area contributed by atoms with Gasteiger partial charge in [-0.15, -0.1) is 0 Å². The maximum atomic E-state index is 14.4. The summed E-state index contributed by atoms with van der Waals surface area (Å²) < 4.78 is 80.1. The SMILES string of the molecule is O=S(c1ccc(F)cc1)C(F)(F)C1CN(CCc2ccc(F)cc2F)C1. The lowest BCUT2D eigenvalue weighted by Gasteiger charge is -2.42. The molecule has 2 aromatic carbocycles. The molecule has 0 aliphatic carbocycles. The smallest absolute Gasteiger partial charge is 0.302 e. The van der Waals surface area contributed by atoms with Gasteiger partial charge < -0.3 is 4.90 Å². The minimum atomic E-state index is -3.44. The second-order valence-corrected chi connectivity index (χ2v) is 7.78. The highest BCUT2D eigenvalue weighted by molar-refractivity contribution is 7.86. The highest BCUT2D eigenvalue weighted by Gasteiger charge is 2.51. The summed E-state index contributed by atoms with van der Waals surface area (Å²) in [6, 6.07) is 7.44. The summed E-state index contributed by atoms with van der Waals surface area (Å²) in [5, 5.41) is -3.44. The van der Waals surface area contributed by atoms with Crippen molar-refractivity contribution in [1.82, 2.24) is 4.90 Å². The first-order valence-electron chi connectivity index (χ1n) is 7.99. The van der Waals surface area contributed by atoms with Gasteiger partial charge in [-0.25, -0.2) is 17.4 Å².